The molecule has 1 aliphatic rings. The molecule has 0 saturated heterocycles. The fourth-order valence-electron chi connectivity index (χ4n) is 2.46. The van der Waals surface area contributed by atoms with Gasteiger partial charge in [0.2, 0.25) is 0 Å². The first-order valence-electron chi connectivity index (χ1n) is 6.12. The molecule has 1 aromatic rings. The number of nitrogens with one attached hydrogen (secondary N) is 1. The van der Waals surface area contributed by atoms with Crippen molar-refractivity contribution < 1.29 is 14.7 Å². The van der Waals surface area contributed by atoms with E-state index in [0.717, 1.165) is 19.3 Å². The van der Waals surface area contributed by atoms with Crippen molar-refractivity contribution in [2.75, 3.05) is 0 Å². The molecule has 0 aliphatic heterocycles. The van der Waals surface area contributed by atoms with Crippen molar-refractivity contribution in [1.82, 2.24) is 5.32 Å². The summed E-state index contributed by atoms with van der Waals surface area (Å²) in [5.74, 6) is -0.983. The average molecular weight is 267 g/mol. The molecule has 2 rings (SSSR count). The molecule has 98 valence electrons. The highest BCUT2D eigenvalue weighted by molar-refractivity contribution is 7.12. The standard InChI is InChI=1S/C13H17NO3S/c1-13(12(16)17)7-3-2-6-10(13)14-11(15)9-5-4-8-18-9/h4-5,8,10H,2-3,6-7H2,1H3,(H,14,15)(H,16,17). The number of carboxylic acid groups (broad SMARTS) is 1. The van der Waals surface area contributed by atoms with Crippen LogP contribution >= 0.6 is 11.3 Å². The number of carbonyl (C=O) groups is 2. The Kier molecular flexibility index (Phi) is 3.71. The second-order valence-corrected chi connectivity index (χ2v) is 5.92. The Balaban J connectivity index is 2.11. The maximum absolute atomic E-state index is 12.0. The largest absolute Gasteiger partial charge is 0.481 e. The molecule has 1 saturated carbocycles. The zero-order valence-corrected chi connectivity index (χ0v) is 11.1. The lowest BCUT2D eigenvalue weighted by molar-refractivity contribution is -0.151. The van der Waals surface area contributed by atoms with Crippen molar-refractivity contribution in [3.05, 3.63) is 22.4 Å². The molecule has 18 heavy (non-hydrogen) atoms. The van der Waals surface area contributed by atoms with Crippen LogP contribution in [0, 0.1) is 5.41 Å². The van der Waals surface area contributed by atoms with Crippen LogP contribution in [-0.2, 0) is 4.79 Å². The molecule has 0 radical (unpaired) electrons. The lowest BCUT2D eigenvalue weighted by Crippen LogP contribution is -2.52. The first-order valence-corrected chi connectivity index (χ1v) is 7.00. The Labute approximate surface area is 110 Å². The molecular formula is C13H17NO3S. The van der Waals surface area contributed by atoms with Gasteiger partial charge in [-0.1, -0.05) is 18.9 Å². The van der Waals surface area contributed by atoms with Crippen LogP contribution in [0.15, 0.2) is 17.5 Å². The van der Waals surface area contributed by atoms with Crippen LogP contribution in [-0.4, -0.2) is 23.0 Å². The third kappa shape index (κ3) is 2.41. The summed E-state index contributed by atoms with van der Waals surface area (Å²) >= 11 is 1.37. The molecule has 0 aromatic carbocycles. The van der Waals surface area contributed by atoms with E-state index in [-0.39, 0.29) is 11.9 Å². The van der Waals surface area contributed by atoms with E-state index in [4.69, 9.17) is 0 Å². The van der Waals surface area contributed by atoms with E-state index in [1.54, 1.807) is 13.0 Å². The number of aliphatic carboxylic acids is 1. The quantitative estimate of drug-likeness (QED) is 0.884. The molecule has 4 nitrogen and oxygen atoms in total. The molecule has 1 aromatic heterocycles. The SMILES string of the molecule is CC1(C(=O)O)CCCCC1NC(=O)c1cccs1. The first kappa shape index (κ1) is 13.1. The molecule has 2 N–H and O–H groups in total. The fourth-order valence-corrected chi connectivity index (χ4v) is 3.08. The van der Waals surface area contributed by atoms with E-state index in [9.17, 15) is 14.7 Å². The normalized spacial score (nSPS) is 27.7. The maximum atomic E-state index is 12.0. The minimum Gasteiger partial charge on any atom is -0.481 e. The molecule has 1 fully saturated rings. The van der Waals surface area contributed by atoms with Gasteiger partial charge in [-0.15, -0.1) is 11.3 Å². The summed E-state index contributed by atoms with van der Waals surface area (Å²) < 4.78 is 0. The number of hydrogen-bond acceptors (Lipinski definition) is 3. The number of carboxylic acids is 1. The monoisotopic (exact) mass is 267 g/mol. The number of thiophene rings is 1. The van der Waals surface area contributed by atoms with Crippen molar-refractivity contribution in [3.8, 4) is 0 Å². The number of hydrogen-bond donors (Lipinski definition) is 2. The molecule has 0 bridgehead atoms. The predicted octanol–water partition coefficient (Wildman–Crippen LogP) is 2.51. The van der Waals surface area contributed by atoms with Crippen LogP contribution in [0.4, 0.5) is 0 Å². The van der Waals surface area contributed by atoms with Crippen molar-refractivity contribution in [2.45, 2.75) is 38.6 Å². The summed E-state index contributed by atoms with van der Waals surface area (Å²) in [5, 5.41) is 14.1. The van der Waals surface area contributed by atoms with Gasteiger partial charge < -0.3 is 10.4 Å². The van der Waals surface area contributed by atoms with E-state index in [0.29, 0.717) is 11.3 Å². The third-order valence-corrected chi connectivity index (χ3v) is 4.62. The summed E-state index contributed by atoms with van der Waals surface area (Å²) in [6, 6.07) is 3.29. The van der Waals surface area contributed by atoms with Gasteiger partial charge in [0.1, 0.15) is 0 Å². The Morgan fingerprint density at radius 2 is 2.28 bits per heavy atom. The summed E-state index contributed by atoms with van der Waals surface area (Å²) in [4.78, 5) is 24.0. The van der Waals surface area contributed by atoms with Gasteiger partial charge in [-0.2, -0.15) is 0 Å². The Bertz CT molecular complexity index is 443. The smallest absolute Gasteiger partial charge is 0.311 e. The lowest BCUT2D eigenvalue weighted by Gasteiger charge is -2.38. The number of amides is 1. The van der Waals surface area contributed by atoms with E-state index >= 15 is 0 Å². The van der Waals surface area contributed by atoms with Gasteiger partial charge in [-0.05, 0) is 31.2 Å². The van der Waals surface area contributed by atoms with Crippen LogP contribution in [0.5, 0.6) is 0 Å². The molecule has 2 unspecified atom stereocenters. The van der Waals surface area contributed by atoms with Crippen LogP contribution in [0.1, 0.15) is 42.3 Å². The summed E-state index contributed by atoms with van der Waals surface area (Å²) in [6.45, 7) is 1.73. The van der Waals surface area contributed by atoms with Crippen molar-refractivity contribution in [2.24, 2.45) is 5.41 Å². The summed E-state index contributed by atoms with van der Waals surface area (Å²) in [5.41, 5.74) is -0.842. The first-order chi connectivity index (χ1) is 8.54. The molecule has 1 amide bonds. The molecule has 1 heterocycles. The zero-order chi connectivity index (χ0) is 13.2. The minimum absolute atomic E-state index is 0.163. The van der Waals surface area contributed by atoms with E-state index in [1.807, 2.05) is 11.4 Å². The highest BCUT2D eigenvalue weighted by Gasteiger charge is 2.43. The average Bonchev–Trinajstić information content (AvgIpc) is 2.85. The fraction of sp³-hybridized carbons (Fsp3) is 0.538. The lowest BCUT2D eigenvalue weighted by atomic mass is 9.71. The van der Waals surface area contributed by atoms with E-state index in [1.165, 1.54) is 11.3 Å². The van der Waals surface area contributed by atoms with Gasteiger partial charge in [-0.3, -0.25) is 9.59 Å². The minimum atomic E-state index is -0.842. The van der Waals surface area contributed by atoms with Crippen LogP contribution in [0.3, 0.4) is 0 Å². The maximum Gasteiger partial charge on any atom is 0.311 e. The predicted molar refractivity (Wildman–Crippen MR) is 69.8 cm³/mol. The second kappa shape index (κ2) is 5.10. The molecule has 2 atom stereocenters. The van der Waals surface area contributed by atoms with E-state index in [2.05, 4.69) is 5.32 Å². The Morgan fingerprint density at radius 3 is 2.89 bits per heavy atom. The van der Waals surface area contributed by atoms with Crippen molar-refractivity contribution >= 4 is 23.2 Å². The molecule has 1 aliphatic carbocycles. The molecule has 5 heteroatoms. The van der Waals surface area contributed by atoms with Crippen molar-refractivity contribution in [1.29, 1.82) is 0 Å². The zero-order valence-electron chi connectivity index (χ0n) is 10.3. The number of rotatable bonds is 3. The molecular weight excluding hydrogens is 250 g/mol. The van der Waals surface area contributed by atoms with Gasteiger partial charge in [0.15, 0.2) is 0 Å². The van der Waals surface area contributed by atoms with Crippen LogP contribution in [0.25, 0.3) is 0 Å². The van der Waals surface area contributed by atoms with Crippen LogP contribution in [0.2, 0.25) is 0 Å². The second-order valence-electron chi connectivity index (χ2n) is 4.97. The van der Waals surface area contributed by atoms with Gasteiger partial charge in [0.25, 0.3) is 5.91 Å². The van der Waals surface area contributed by atoms with Crippen molar-refractivity contribution in [3.63, 3.8) is 0 Å². The van der Waals surface area contributed by atoms with Gasteiger partial charge in [0.05, 0.1) is 10.3 Å². The highest BCUT2D eigenvalue weighted by atomic mass is 32.1. The van der Waals surface area contributed by atoms with Gasteiger partial charge in [-0.25, -0.2) is 0 Å². The van der Waals surface area contributed by atoms with Gasteiger partial charge in [0, 0.05) is 6.04 Å². The summed E-state index contributed by atoms with van der Waals surface area (Å²) in [6.07, 6.45) is 3.24. The highest BCUT2D eigenvalue weighted by Crippen LogP contribution is 2.36. The van der Waals surface area contributed by atoms with Crippen LogP contribution < -0.4 is 5.32 Å². The van der Waals surface area contributed by atoms with E-state index < -0.39 is 11.4 Å². The third-order valence-electron chi connectivity index (χ3n) is 3.75. The Morgan fingerprint density at radius 1 is 1.50 bits per heavy atom. The topological polar surface area (TPSA) is 66.4 Å². The van der Waals surface area contributed by atoms with Gasteiger partial charge >= 0.3 is 5.97 Å². The summed E-state index contributed by atoms with van der Waals surface area (Å²) in [7, 11) is 0. The Hall–Kier alpha value is -1.36. The number of carbonyl (C=O) groups excluding carboxylic acids is 1. The molecule has 0 spiro atoms.